The number of nitrogens with one attached hydrogen (secondary N) is 1. The van der Waals surface area contributed by atoms with E-state index in [0.29, 0.717) is 49.5 Å². The number of ether oxygens (including phenoxy) is 1. The first-order valence-electron chi connectivity index (χ1n) is 11.1. The van der Waals surface area contributed by atoms with Gasteiger partial charge in [0, 0.05) is 24.6 Å². The van der Waals surface area contributed by atoms with E-state index in [4.69, 9.17) is 4.74 Å². The monoisotopic (exact) mass is 428 g/mol. The highest BCUT2D eigenvalue weighted by Gasteiger charge is 2.28. The summed E-state index contributed by atoms with van der Waals surface area (Å²) in [6, 6.07) is 25.3. The average molecular weight is 429 g/mol. The Labute approximate surface area is 189 Å². The van der Waals surface area contributed by atoms with Crippen LogP contribution in [0, 0.1) is 5.92 Å². The Bertz CT molecular complexity index is 1060. The molecule has 4 rings (SSSR count). The van der Waals surface area contributed by atoms with Crippen molar-refractivity contribution in [3.63, 3.8) is 0 Å². The standard InChI is InChI=1S/C27H28N2O3/c1-2-32-25-11-7-6-10-24(25)28-26(30)22-16-18-29(19-17-22)27(31)23-14-12-21(13-15-23)20-8-4-3-5-9-20/h3-15,22H,2,16-19H2,1H3,(H,28,30). The molecule has 1 fully saturated rings. The van der Waals surface area contributed by atoms with E-state index in [2.05, 4.69) is 17.4 Å². The quantitative estimate of drug-likeness (QED) is 0.584. The zero-order chi connectivity index (χ0) is 22.3. The maximum absolute atomic E-state index is 12.9. The van der Waals surface area contributed by atoms with Crippen molar-refractivity contribution in [3.8, 4) is 16.9 Å². The van der Waals surface area contributed by atoms with Crippen LogP contribution in [0.3, 0.4) is 0 Å². The van der Waals surface area contributed by atoms with Crippen molar-refractivity contribution >= 4 is 17.5 Å². The zero-order valence-electron chi connectivity index (χ0n) is 18.3. The number of benzene rings is 3. The second-order valence-corrected chi connectivity index (χ2v) is 7.93. The lowest BCUT2D eigenvalue weighted by Gasteiger charge is -2.31. The molecule has 0 spiro atoms. The highest BCUT2D eigenvalue weighted by Crippen LogP contribution is 2.27. The van der Waals surface area contributed by atoms with E-state index in [1.54, 1.807) is 0 Å². The molecular formula is C27H28N2O3. The normalized spacial score (nSPS) is 14.1. The minimum atomic E-state index is -0.116. The number of carbonyl (C=O) groups is 2. The molecule has 0 aliphatic carbocycles. The SMILES string of the molecule is CCOc1ccccc1NC(=O)C1CCN(C(=O)c2ccc(-c3ccccc3)cc2)CC1. The summed E-state index contributed by atoms with van der Waals surface area (Å²) in [7, 11) is 0. The Hall–Kier alpha value is -3.60. The fraction of sp³-hybridized carbons (Fsp3) is 0.259. The van der Waals surface area contributed by atoms with Crippen molar-refractivity contribution in [3.05, 3.63) is 84.4 Å². The molecule has 3 aromatic rings. The van der Waals surface area contributed by atoms with Gasteiger partial charge in [0.1, 0.15) is 5.75 Å². The molecule has 5 heteroatoms. The van der Waals surface area contributed by atoms with Gasteiger partial charge in [-0.1, -0.05) is 54.6 Å². The van der Waals surface area contributed by atoms with E-state index >= 15 is 0 Å². The summed E-state index contributed by atoms with van der Waals surface area (Å²) in [5.41, 5.74) is 3.59. The van der Waals surface area contributed by atoms with Gasteiger partial charge in [-0.15, -0.1) is 0 Å². The Morgan fingerprint density at radius 1 is 0.875 bits per heavy atom. The second kappa shape index (κ2) is 10.1. The van der Waals surface area contributed by atoms with Gasteiger partial charge in [0.15, 0.2) is 0 Å². The number of amides is 2. The lowest BCUT2D eigenvalue weighted by molar-refractivity contribution is -0.121. The average Bonchev–Trinajstić information content (AvgIpc) is 2.86. The van der Waals surface area contributed by atoms with Gasteiger partial charge < -0.3 is 15.0 Å². The molecule has 0 unspecified atom stereocenters. The Balaban J connectivity index is 1.33. The van der Waals surface area contributed by atoms with Crippen LogP contribution < -0.4 is 10.1 Å². The largest absolute Gasteiger partial charge is 0.492 e. The van der Waals surface area contributed by atoms with Gasteiger partial charge in [0.25, 0.3) is 5.91 Å². The summed E-state index contributed by atoms with van der Waals surface area (Å²) in [5, 5.41) is 3.00. The summed E-state index contributed by atoms with van der Waals surface area (Å²) < 4.78 is 5.59. The molecule has 164 valence electrons. The van der Waals surface area contributed by atoms with Gasteiger partial charge in [0.05, 0.1) is 12.3 Å². The number of para-hydroxylation sites is 2. The molecule has 2 amide bonds. The van der Waals surface area contributed by atoms with Gasteiger partial charge >= 0.3 is 0 Å². The van der Waals surface area contributed by atoms with Crippen LogP contribution in [-0.2, 0) is 4.79 Å². The summed E-state index contributed by atoms with van der Waals surface area (Å²) in [6.45, 7) is 3.61. The molecule has 1 N–H and O–H groups in total. The van der Waals surface area contributed by atoms with Crippen molar-refractivity contribution in [2.75, 3.05) is 25.0 Å². The Kier molecular flexibility index (Phi) is 6.85. The van der Waals surface area contributed by atoms with Crippen molar-refractivity contribution in [2.45, 2.75) is 19.8 Å². The summed E-state index contributed by atoms with van der Waals surface area (Å²) in [6.07, 6.45) is 1.30. The van der Waals surface area contributed by atoms with Crippen LogP contribution in [0.2, 0.25) is 0 Å². The highest BCUT2D eigenvalue weighted by molar-refractivity contribution is 5.96. The molecular weight excluding hydrogens is 400 g/mol. The molecule has 1 aliphatic heterocycles. The molecule has 1 heterocycles. The van der Waals surface area contributed by atoms with Gasteiger partial charge in [-0.05, 0) is 55.2 Å². The van der Waals surface area contributed by atoms with Crippen molar-refractivity contribution in [2.24, 2.45) is 5.92 Å². The first-order chi connectivity index (χ1) is 15.7. The lowest BCUT2D eigenvalue weighted by Crippen LogP contribution is -2.41. The molecule has 5 nitrogen and oxygen atoms in total. The number of carbonyl (C=O) groups excluding carboxylic acids is 2. The zero-order valence-corrected chi connectivity index (χ0v) is 18.3. The minimum Gasteiger partial charge on any atom is -0.492 e. The van der Waals surface area contributed by atoms with E-state index in [1.807, 2.05) is 78.6 Å². The van der Waals surface area contributed by atoms with Crippen LogP contribution >= 0.6 is 0 Å². The third-order valence-electron chi connectivity index (χ3n) is 5.84. The van der Waals surface area contributed by atoms with Crippen molar-refractivity contribution in [1.82, 2.24) is 4.90 Å². The van der Waals surface area contributed by atoms with Gasteiger partial charge in [-0.25, -0.2) is 0 Å². The van der Waals surface area contributed by atoms with Crippen LogP contribution in [0.5, 0.6) is 5.75 Å². The first-order valence-corrected chi connectivity index (χ1v) is 11.1. The molecule has 1 saturated heterocycles. The number of nitrogens with zero attached hydrogens (tertiary/aromatic N) is 1. The molecule has 0 aromatic heterocycles. The molecule has 1 aliphatic rings. The number of likely N-dealkylation sites (tertiary alicyclic amines) is 1. The number of rotatable bonds is 6. The molecule has 0 atom stereocenters. The summed E-state index contributed by atoms with van der Waals surface area (Å²) in [5.74, 6) is 0.561. The topological polar surface area (TPSA) is 58.6 Å². The van der Waals surface area contributed by atoms with Crippen LogP contribution in [0.15, 0.2) is 78.9 Å². The minimum absolute atomic E-state index is 0.0172. The van der Waals surface area contributed by atoms with Gasteiger partial charge in [0.2, 0.25) is 5.91 Å². The van der Waals surface area contributed by atoms with E-state index in [-0.39, 0.29) is 17.7 Å². The predicted molar refractivity (Wildman–Crippen MR) is 127 cm³/mol. The van der Waals surface area contributed by atoms with Crippen molar-refractivity contribution < 1.29 is 14.3 Å². The maximum Gasteiger partial charge on any atom is 0.253 e. The fourth-order valence-corrected chi connectivity index (χ4v) is 4.05. The first kappa shape index (κ1) is 21.6. The number of piperidine rings is 1. The molecule has 32 heavy (non-hydrogen) atoms. The molecule has 0 radical (unpaired) electrons. The predicted octanol–water partition coefficient (Wildman–Crippen LogP) is 5.24. The van der Waals surface area contributed by atoms with E-state index in [9.17, 15) is 9.59 Å². The van der Waals surface area contributed by atoms with Crippen LogP contribution in [0.1, 0.15) is 30.1 Å². The summed E-state index contributed by atoms with van der Waals surface area (Å²) in [4.78, 5) is 27.6. The Morgan fingerprint density at radius 3 is 2.19 bits per heavy atom. The summed E-state index contributed by atoms with van der Waals surface area (Å²) >= 11 is 0. The smallest absolute Gasteiger partial charge is 0.253 e. The number of anilines is 1. The lowest BCUT2D eigenvalue weighted by atomic mass is 9.95. The van der Waals surface area contributed by atoms with Crippen LogP contribution in [0.25, 0.3) is 11.1 Å². The number of hydrogen-bond acceptors (Lipinski definition) is 3. The second-order valence-electron chi connectivity index (χ2n) is 7.93. The third kappa shape index (κ3) is 4.99. The van der Waals surface area contributed by atoms with Gasteiger partial charge in [-0.2, -0.15) is 0 Å². The van der Waals surface area contributed by atoms with E-state index in [0.717, 1.165) is 11.1 Å². The van der Waals surface area contributed by atoms with Gasteiger partial charge in [-0.3, -0.25) is 9.59 Å². The molecule has 0 saturated carbocycles. The van der Waals surface area contributed by atoms with Crippen LogP contribution in [0.4, 0.5) is 5.69 Å². The van der Waals surface area contributed by atoms with Crippen LogP contribution in [-0.4, -0.2) is 36.4 Å². The van der Waals surface area contributed by atoms with E-state index in [1.165, 1.54) is 0 Å². The highest BCUT2D eigenvalue weighted by atomic mass is 16.5. The Morgan fingerprint density at radius 2 is 1.50 bits per heavy atom. The fourth-order valence-electron chi connectivity index (χ4n) is 4.05. The number of hydrogen-bond donors (Lipinski definition) is 1. The third-order valence-corrected chi connectivity index (χ3v) is 5.84. The van der Waals surface area contributed by atoms with Crippen molar-refractivity contribution in [1.29, 1.82) is 0 Å². The molecule has 3 aromatic carbocycles. The molecule has 0 bridgehead atoms. The maximum atomic E-state index is 12.9. The van der Waals surface area contributed by atoms with E-state index < -0.39 is 0 Å².